The molecule has 2 heteroatoms. The van der Waals surface area contributed by atoms with Crippen LogP contribution in [0.2, 0.25) is 0 Å². The first kappa shape index (κ1) is 7.24. The van der Waals surface area contributed by atoms with Crippen molar-refractivity contribution in [3.8, 4) is 0 Å². The van der Waals surface area contributed by atoms with Gasteiger partial charge in [0.05, 0.1) is 4.57 Å². The maximum atomic E-state index is 3.45. The smallest absolute Gasteiger partial charge is 0.0535 e. The molecule has 0 heterocycles. The Morgan fingerprint density at radius 1 is 1.22 bits per heavy atom. The molecule has 0 fully saturated rings. The Labute approximate surface area is 66.0 Å². The molecule has 0 nitrogen and oxygen atoms in total. The Kier molecular flexibility index (Phi) is 2.68. The molecule has 0 spiro atoms. The molecule has 1 aromatic carbocycles. The van der Waals surface area contributed by atoms with Crippen LogP contribution in [0.4, 0.5) is 0 Å². The van der Waals surface area contributed by atoms with Gasteiger partial charge in [0.2, 0.25) is 0 Å². The fourth-order valence-electron chi connectivity index (χ4n) is 0.637. The normalized spacial score (nSPS) is 13.1. The predicted molar refractivity (Wildman–Crippen MR) is 47.8 cm³/mol. The third-order valence-electron chi connectivity index (χ3n) is 1.12. The molecule has 0 aromatic heterocycles. The lowest BCUT2D eigenvalue weighted by atomic mass is 10.2. The van der Waals surface area contributed by atoms with Crippen LogP contribution in [0.15, 0.2) is 30.3 Å². The molecule has 2 atom stereocenters. The van der Waals surface area contributed by atoms with E-state index in [1.807, 2.05) is 18.2 Å². The minimum Gasteiger partial charge on any atom is -0.118 e. The maximum absolute atomic E-state index is 3.45. The Morgan fingerprint density at radius 2 is 1.78 bits per heavy atom. The fourth-order valence-corrected chi connectivity index (χ4v) is 1.16. The highest BCUT2D eigenvalue weighted by Crippen LogP contribution is 2.28. The molecule has 2 unspecified atom stereocenters. The second-order valence-electron chi connectivity index (χ2n) is 1.81. The zero-order valence-electron chi connectivity index (χ0n) is 4.92. The monoisotopic (exact) mass is 202 g/mol. The quantitative estimate of drug-likeness (QED) is 0.486. The first-order valence-corrected chi connectivity index (χ1v) is 4.33. The largest absolute Gasteiger partial charge is 0.118 e. The van der Waals surface area contributed by atoms with Crippen molar-refractivity contribution in [2.75, 3.05) is 0 Å². The van der Waals surface area contributed by atoms with Crippen LogP contribution in [0.25, 0.3) is 0 Å². The standard InChI is InChI=1S/C7H8BrP/c8-7(9)6-4-2-1-3-5-6/h1-5,7H,9H2. The molecule has 48 valence electrons. The van der Waals surface area contributed by atoms with Crippen molar-refractivity contribution in [1.29, 1.82) is 0 Å². The minimum absolute atomic E-state index is 0.388. The summed E-state index contributed by atoms with van der Waals surface area (Å²) in [6.07, 6.45) is 0. The molecule has 0 aliphatic rings. The van der Waals surface area contributed by atoms with E-state index in [0.29, 0.717) is 4.57 Å². The number of benzene rings is 1. The van der Waals surface area contributed by atoms with Gasteiger partial charge in [-0.1, -0.05) is 46.3 Å². The Hall–Kier alpha value is 0.130. The average Bonchev–Trinajstić information content (AvgIpc) is 1.90. The lowest BCUT2D eigenvalue weighted by molar-refractivity contribution is 1.41. The first-order valence-electron chi connectivity index (χ1n) is 2.75. The first-order chi connectivity index (χ1) is 4.30. The van der Waals surface area contributed by atoms with Gasteiger partial charge >= 0.3 is 0 Å². The summed E-state index contributed by atoms with van der Waals surface area (Å²) >= 11 is 3.45. The van der Waals surface area contributed by atoms with Crippen molar-refractivity contribution in [2.45, 2.75) is 4.57 Å². The van der Waals surface area contributed by atoms with Crippen molar-refractivity contribution in [3.63, 3.8) is 0 Å². The topological polar surface area (TPSA) is 0 Å². The highest BCUT2D eigenvalue weighted by molar-refractivity contribution is 9.10. The number of hydrogen-bond acceptors (Lipinski definition) is 0. The van der Waals surface area contributed by atoms with Gasteiger partial charge in [0.25, 0.3) is 0 Å². The molecular weight excluding hydrogens is 195 g/mol. The molecule has 9 heavy (non-hydrogen) atoms. The Balaban J connectivity index is 2.85. The van der Waals surface area contributed by atoms with Gasteiger partial charge in [-0.05, 0) is 5.56 Å². The van der Waals surface area contributed by atoms with E-state index in [1.165, 1.54) is 5.56 Å². The van der Waals surface area contributed by atoms with E-state index >= 15 is 0 Å². The minimum atomic E-state index is 0.388. The fraction of sp³-hybridized carbons (Fsp3) is 0.143. The zero-order valence-corrected chi connectivity index (χ0v) is 7.66. The van der Waals surface area contributed by atoms with Crippen LogP contribution in [0.3, 0.4) is 0 Å². The molecule has 0 N–H and O–H groups in total. The number of halogens is 1. The molecule has 1 rings (SSSR count). The van der Waals surface area contributed by atoms with E-state index < -0.39 is 0 Å². The third kappa shape index (κ3) is 2.08. The molecule has 0 saturated carbocycles. The summed E-state index contributed by atoms with van der Waals surface area (Å²) in [5.41, 5.74) is 1.29. The highest BCUT2D eigenvalue weighted by Gasteiger charge is 1.95. The highest BCUT2D eigenvalue weighted by atomic mass is 79.9. The van der Waals surface area contributed by atoms with Crippen LogP contribution < -0.4 is 0 Å². The zero-order chi connectivity index (χ0) is 6.69. The maximum Gasteiger partial charge on any atom is 0.0535 e. The van der Waals surface area contributed by atoms with Crippen molar-refractivity contribution in [3.05, 3.63) is 35.9 Å². The third-order valence-corrected chi connectivity index (χ3v) is 2.03. The number of hydrogen-bond donors (Lipinski definition) is 0. The number of rotatable bonds is 1. The van der Waals surface area contributed by atoms with E-state index in [2.05, 4.69) is 37.3 Å². The summed E-state index contributed by atoms with van der Waals surface area (Å²) in [5.74, 6) is 0. The van der Waals surface area contributed by atoms with Crippen molar-refractivity contribution >= 4 is 25.2 Å². The van der Waals surface area contributed by atoms with Crippen LogP contribution >= 0.6 is 25.2 Å². The average molecular weight is 203 g/mol. The molecule has 0 aliphatic carbocycles. The van der Waals surface area contributed by atoms with Crippen LogP contribution in [-0.4, -0.2) is 0 Å². The van der Waals surface area contributed by atoms with Crippen molar-refractivity contribution in [2.24, 2.45) is 0 Å². The SMILES string of the molecule is PC(Br)c1ccccc1. The van der Waals surface area contributed by atoms with Crippen LogP contribution in [0.1, 0.15) is 10.1 Å². The Bertz CT molecular complexity index is 172. The van der Waals surface area contributed by atoms with Gasteiger partial charge in [-0.25, -0.2) is 0 Å². The van der Waals surface area contributed by atoms with Gasteiger partial charge < -0.3 is 0 Å². The van der Waals surface area contributed by atoms with E-state index in [9.17, 15) is 0 Å². The second-order valence-corrected chi connectivity index (χ2v) is 4.44. The molecule has 0 saturated heterocycles. The van der Waals surface area contributed by atoms with Gasteiger partial charge in [-0.3, -0.25) is 0 Å². The van der Waals surface area contributed by atoms with Gasteiger partial charge in [-0.2, -0.15) is 0 Å². The number of alkyl halides is 1. The second kappa shape index (κ2) is 3.34. The molecular formula is C7H8BrP. The van der Waals surface area contributed by atoms with Gasteiger partial charge in [-0.15, -0.1) is 9.24 Å². The lowest BCUT2D eigenvalue weighted by Gasteiger charge is -1.99. The molecule has 0 aliphatic heterocycles. The molecule has 0 bridgehead atoms. The van der Waals surface area contributed by atoms with Crippen molar-refractivity contribution in [1.82, 2.24) is 0 Å². The molecule has 1 aromatic rings. The summed E-state index contributed by atoms with van der Waals surface area (Å²) in [6.45, 7) is 0. The van der Waals surface area contributed by atoms with Crippen LogP contribution in [0.5, 0.6) is 0 Å². The van der Waals surface area contributed by atoms with Crippen molar-refractivity contribution < 1.29 is 0 Å². The van der Waals surface area contributed by atoms with Gasteiger partial charge in [0, 0.05) is 0 Å². The predicted octanol–water partition coefficient (Wildman–Crippen LogP) is 2.96. The van der Waals surface area contributed by atoms with Gasteiger partial charge in [0.1, 0.15) is 0 Å². The molecule has 0 radical (unpaired) electrons. The van der Waals surface area contributed by atoms with Gasteiger partial charge in [0.15, 0.2) is 0 Å². The van der Waals surface area contributed by atoms with E-state index in [-0.39, 0.29) is 0 Å². The summed E-state index contributed by atoms with van der Waals surface area (Å²) < 4.78 is 0.388. The van der Waals surface area contributed by atoms with E-state index in [1.54, 1.807) is 0 Å². The molecule has 0 amide bonds. The summed E-state index contributed by atoms with van der Waals surface area (Å²) in [6, 6.07) is 10.3. The van der Waals surface area contributed by atoms with E-state index in [0.717, 1.165) is 0 Å². The summed E-state index contributed by atoms with van der Waals surface area (Å²) in [7, 11) is 2.69. The van der Waals surface area contributed by atoms with E-state index in [4.69, 9.17) is 0 Å². The van der Waals surface area contributed by atoms with Crippen LogP contribution in [-0.2, 0) is 0 Å². The summed E-state index contributed by atoms with van der Waals surface area (Å²) in [4.78, 5) is 0. The van der Waals surface area contributed by atoms with Crippen LogP contribution in [0, 0.1) is 0 Å². The summed E-state index contributed by atoms with van der Waals surface area (Å²) in [5, 5.41) is 0. The Morgan fingerprint density at radius 3 is 2.11 bits per heavy atom. The lowest BCUT2D eigenvalue weighted by Crippen LogP contribution is -1.75.